The Morgan fingerprint density at radius 1 is 1.00 bits per heavy atom. The van der Waals surface area contributed by atoms with Gasteiger partial charge in [0.1, 0.15) is 4.90 Å². The Morgan fingerprint density at radius 2 is 1.62 bits per heavy atom. The van der Waals surface area contributed by atoms with E-state index in [0.717, 1.165) is 18.2 Å². The average molecular weight is 374 g/mol. The van der Waals surface area contributed by atoms with Crippen LogP contribution in [0.1, 0.15) is 6.92 Å². The molecule has 0 saturated heterocycles. The van der Waals surface area contributed by atoms with Gasteiger partial charge in [-0.25, -0.2) is 0 Å². The van der Waals surface area contributed by atoms with Crippen LogP contribution in [0.25, 0.3) is 10.8 Å². The minimum absolute atomic E-state index is 0.0528. The highest BCUT2D eigenvalue weighted by molar-refractivity contribution is 7.86. The van der Waals surface area contributed by atoms with Crippen molar-refractivity contribution in [1.82, 2.24) is 0 Å². The fourth-order valence-corrected chi connectivity index (χ4v) is 3.53. The minimum Gasteiger partial charge on any atom is -0.385 e. The van der Waals surface area contributed by atoms with Crippen LogP contribution in [0.4, 0.5) is 11.4 Å². The normalized spacial score (nSPS) is 12.2. The van der Waals surface area contributed by atoms with Crippen molar-refractivity contribution in [3.05, 3.63) is 24.3 Å². The van der Waals surface area contributed by atoms with Gasteiger partial charge in [0.25, 0.3) is 20.2 Å². The Morgan fingerprint density at radius 3 is 2.08 bits per heavy atom. The third-order valence-electron chi connectivity index (χ3n) is 3.20. The number of rotatable bonds is 4. The van der Waals surface area contributed by atoms with Crippen molar-refractivity contribution in [2.24, 2.45) is 0 Å². The van der Waals surface area contributed by atoms with E-state index in [1.807, 2.05) is 0 Å². The van der Waals surface area contributed by atoms with E-state index in [1.54, 1.807) is 0 Å². The summed E-state index contributed by atoms with van der Waals surface area (Å²) < 4.78 is 64.2. The number of anilines is 2. The first-order valence-corrected chi connectivity index (χ1v) is 9.34. The summed E-state index contributed by atoms with van der Waals surface area (Å²) in [6.45, 7) is 1.21. The van der Waals surface area contributed by atoms with E-state index in [9.17, 15) is 26.2 Å². The van der Waals surface area contributed by atoms with Crippen LogP contribution in [-0.2, 0) is 25.0 Å². The minimum atomic E-state index is -4.67. The highest BCUT2D eigenvalue weighted by Gasteiger charge is 2.22. The van der Waals surface area contributed by atoms with Gasteiger partial charge in [0.05, 0.1) is 16.3 Å². The van der Waals surface area contributed by atoms with Gasteiger partial charge in [-0.3, -0.25) is 13.9 Å². The fraction of sp³-hybridized carbons (Fsp3) is 0.154. The molecule has 0 aromatic heterocycles. The predicted octanol–water partition coefficient (Wildman–Crippen LogP) is 1.33. The maximum absolute atomic E-state index is 11.6. The van der Waals surface area contributed by atoms with Gasteiger partial charge in [-0.15, -0.1) is 0 Å². The van der Waals surface area contributed by atoms with Crippen molar-refractivity contribution in [1.29, 1.82) is 0 Å². The number of amides is 1. The van der Waals surface area contributed by atoms with Crippen LogP contribution < -0.4 is 10.6 Å². The summed E-state index contributed by atoms with van der Waals surface area (Å²) in [5, 5.41) is 5.44. The Hall–Kier alpha value is -2.21. The number of benzene rings is 2. The highest BCUT2D eigenvalue weighted by Crippen LogP contribution is 2.38. The molecule has 0 unspecified atom stereocenters. The largest absolute Gasteiger partial charge is 0.385 e. The van der Waals surface area contributed by atoms with Crippen LogP contribution >= 0.6 is 0 Å². The van der Waals surface area contributed by atoms with Crippen LogP contribution in [0.5, 0.6) is 0 Å². The number of carbonyl (C=O) groups is 1. The zero-order valence-corrected chi connectivity index (χ0v) is 14.2. The lowest BCUT2D eigenvalue weighted by Crippen LogP contribution is -2.12. The predicted molar refractivity (Wildman–Crippen MR) is 87.4 cm³/mol. The average Bonchev–Trinajstić information content (AvgIpc) is 2.43. The van der Waals surface area contributed by atoms with E-state index < -0.39 is 35.9 Å². The van der Waals surface area contributed by atoms with Crippen molar-refractivity contribution < 1.29 is 30.7 Å². The molecule has 0 aliphatic rings. The Labute approximate surface area is 138 Å². The lowest BCUT2D eigenvalue weighted by molar-refractivity contribution is -0.114. The number of carbonyl (C=O) groups excluding carboxylic acids is 1. The van der Waals surface area contributed by atoms with Gasteiger partial charge >= 0.3 is 0 Å². The maximum atomic E-state index is 11.6. The Balaban J connectivity index is 2.99. The Bertz CT molecular complexity index is 1040. The number of nitrogens with one attached hydrogen (secondary N) is 2. The molecule has 2 rings (SSSR count). The molecule has 0 heterocycles. The van der Waals surface area contributed by atoms with E-state index in [4.69, 9.17) is 4.55 Å². The molecule has 0 fully saturated rings. The highest BCUT2D eigenvalue weighted by atomic mass is 32.2. The van der Waals surface area contributed by atoms with E-state index >= 15 is 0 Å². The van der Waals surface area contributed by atoms with Crippen molar-refractivity contribution in [3.8, 4) is 0 Å². The molecule has 2 aromatic rings. The third kappa shape index (κ3) is 3.48. The summed E-state index contributed by atoms with van der Waals surface area (Å²) >= 11 is 0. The fourth-order valence-electron chi connectivity index (χ4n) is 2.28. The third-order valence-corrected chi connectivity index (χ3v) is 4.93. The standard InChI is InChI=1S/C13H14N2O7S2/c1-7(16)15-12-10-4-3-9(23(17,18)19)5-8(10)6-11(13(12)14-2)24(20,21)22/h3-6,14H,1-2H3,(H,15,16)(H,17,18,19)(H,20,21,22). The van der Waals surface area contributed by atoms with Crippen molar-refractivity contribution >= 4 is 48.3 Å². The molecule has 0 aliphatic heterocycles. The van der Waals surface area contributed by atoms with Crippen LogP contribution in [-0.4, -0.2) is 38.9 Å². The van der Waals surface area contributed by atoms with E-state index in [0.29, 0.717) is 5.39 Å². The summed E-state index contributed by atoms with van der Waals surface area (Å²) in [4.78, 5) is 10.4. The van der Waals surface area contributed by atoms with E-state index in [-0.39, 0.29) is 16.8 Å². The second-order valence-corrected chi connectivity index (χ2v) is 7.70. The van der Waals surface area contributed by atoms with Gasteiger partial charge in [0, 0.05) is 19.4 Å². The van der Waals surface area contributed by atoms with Crippen LogP contribution in [0.3, 0.4) is 0 Å². The molecule has 9 nitrogen and oxygen atoms in total. The molecule has 0 radical (unpaired) electrons. The second-order valence-electron chi connectivity index (χ2n) is 4.89. The molecular weight excluding hydrogens is 360 g/mol. The van der Waals surface area contributed by atoms with E-state index in [1.165, 1.54) is 20.0 Å². The lowest BCUT2D eigenvalue weighted by atomic mass is 10.1. The summed E-state index contributed by atoms with van der Waals surface area (Å²) in [7, 11) is -7.78. The second kappa shape index (κ2) is 6.02. The Kier molecular flexibility index (Phi) is 4.55. The van der Waals surface area contributed by atoms with Crippen molar-refractivity contribution in [3.63, 3.8) is 0 Å². The molecule has 1 amide bonds. The molecule has 11 heteroatoms. The summed E-state index contributed by atoms with van der Waals surface area (Å²) in [5.41, 5.74) is -0.00295. The quantitative estimate of drug-likeness (QED) is 0.585. The lowest BCUT2D eigenvalue weighted by Gasteiger charge is -2.16. The molecule has 0 bridgehead atoms. The molecule has 4 N–H and O–H groups in total. The van der Waals surface area contributed by atoms with Gasteiger partial charge in [0.15, 0.2) is 0 Å². The van der Waals surface area contributed by atoms with Gasteiger partial charge in [0.2, 0.25) is 5.91 Å². The topological polar surface area (TPSA) is 150 Å². The molecule has 2 aromatic carbocycles. The van der Waals surface area contributed by atoms with Gasteiger partial charge in [-0.05, 0) is 23.6 Å². The first-order chi connectivity index (χ1) is 10.9. The number of fused-ring (bicyclic) bond motifs is 1. The van der Waals surface area contributed by atoms with Crippen molar-refractivity contribution in [2.45, 2.75) is 16.7 Å². The molecular formula is C13H14N2O7S2. The number of hydrogen-bond acceptors (Lipinski definition) is 6. The maximum Gasteiger partial charge on any atom is 0.296 e. The van der Waals surface area contributed by atoms with Crippen LogP contribution in [0.15, 0.2) is 34.1 Å². The number of hydrogen-bond donors (Lipinski definition) is 4. The first kappa shape index (κ1) is 18.1. The molecule has 130 valence electrons. The molecule has 0 aliphatic carbocycles. The smallest absolute Gasteiger partial charge is 0.296 e. The summed E-state index contributed by atoms with van der Waals surface area (Å²) in [6.07, 6.45) is 0. The SMILES string of the molecule is CNc1c(S(=O)(=O)O)cc2cc(S(=O)(=O)O)ccc2c1NC(C)=O. The molecule has 24 heavy (non-hydrogen) atoms. The zero-order chi connectivity index (χ0) is 18.3. The monoisotopic (exact) mass is 374 g/mol. The van der Waals surface area contributed by atoms with Gasteiger partial charge in [-0.1, -0.05) is 6.07 Å². The van der Waals surface area contributed by atoms with Crippen LogP contribution in [0, 0.1) is 0 Å². The summed E-state index contributed by atoms with van der Waals surface area (Å²) in [5.74, 6) is -0.501. The first-order valence-electron chi connectivity index (χ1n) is 6.46. The van der Waals surface area contributed by atoms with Gasteiger partial charge < -0.3 is 10.6 Å². The molecule has 0 spiro atoms. The van der Waals surface area contributed by atoms with Crippen molar-refractivity contribution in [2.75, 3.05) is 17.7 Å². The van der Waals surface area contributed by atoms with Crippen LogP contribution in [0.2, 0.25) is 0 Å². The van der Waals surface area contributed by atoms with E-state index in [2.05, 4.69) is 10.6 Å². The molecule has 0 saturated carbocycles. The molecule has 0 atom stereocenters. The van der Waals surface area contributed by atoms with Gasteiger partial charge in [-0.2, -0.15) is 16.8 Å². The summed E-state index contributed by atoms with van der Waals surface area (Å²) in [6, 6.07) is 4.48. The zero-order valence-electron chi connectivity index (χ0n) is 12.6.